The van der Waals surface area contributed by atoms with Gasteiger partial charge in [0.25, 0.3) is 0 Å². The van der Waals surface area contributed by atoms with Crippen LogP contribution in [0.5, 0.6) is 0 Å². The van der Waals surface area contributed by atoms with Crippen LogP contribution in [0.4, 0.5) is 0 Å². The van der Waals surface area contributed by atoms with Crippen LogP contribution in [0, 0.1) is 0 Å². The molecule has 0 bridgehead atoms. The molecule has 11 heavy (non-hydrogen) atoms. The van der Waals surface area contributed by atoms with Crippen molar-refractivity contribution in [2.24, 2.45) is 0 Å². The van der Waals surface area contributed by atoms with E-state index in [4.69, 9.17) is 0 Å². The van der Waals surface area contributed by atoms with E-state index in [0.717, 1.165) is 0 Å². The summed E-state index contributed by atoms with van der Waals surface area (Å²) in [6, 6.07) is 0. The second kappa shape index (κ2) is 11.5. The molecule has 0 amide bonds. The minimum atomic E-state index is -0.508. The third-order valence-electron chi connectivity index (χ3n) is 1.69. The van der Waals surface area contributed by atoms with Gasteiger partial charge in [-0.2, -0.15) is 0 Å². The Hall–Kier alpha value is 1.52. The predicted molar refractivity (Wildman–Crippen MR) is 51.0 cm³/mol. The molecule has 0 aromatic carbocycles. The van der Waals surface area contributed by atoms with Crippen LogP contribution in [0.25, 0.3) is 0 Å². The topological polar surface area (TPSA) is 0 Å². The number of hydrogen-bond acceptors (Lipinski definition) is 0. The van der Waals surface area contributed by atoms with Crippen molar-refractivity contribution < 1.29 is 24.0 Å². The third kappa shape index (κ3) is 11.5. The SMILES string of the molecule is CCCC[Te+](C)CCCC.[I-]. The van der Waals surface area contributed by atoms with E-state index in [1.54, 1.807) is 8.94 Å². The molecule has 70 valence electrons. The van der Waals surface area contributed by atoms with E-state index in [-0.39, 0.29) is 24.0 Å². The first-order valence-corrected chi connectivity index (χ1v) is 10.0. The number of rotatable bonds is 6. The molecule has 0 saturated carbocycles. The standard InChI is InChI=1S/C9H21Te.HI/c1-4-6-8-10(3)9-7-5-2;/h4-9H2,1-3H3;1H/q+1;/p-1. The van der Waals surface area contributed by atoms with Gasteiger partial charge in [-0.1, -0.05) is 0 Å². The van der Waals surface area contributed by atoms with Gasteiger partial charge in [0.05, 0.1) is 0 Å². The van der Waals surface area contributed by atoms with Crippen molar-refractivity contribution in [3.05, 3.63) is 0 Å². The third-order valence-corrected chi connectivity index (χ3v) is 7.32. The average Bonchev–Trinajstić information content (AvgIpc) is 1.97. The first-order chi connectivity index (χ1) is 4.81. The van der Waals surface area contributed by atoms with E-state index >= 15 is 0 Å². The molecule has 0 fully saturated rings. The predicted octanol–water partition coefficient (Wildman–Crippen LogP) is 0.715. The van der Waals surface area contributed by atoms with Gasteiger partial charge in [0.15, 0.2) is 0 Å². The minimum absolute atomic E-state index is 0. The van der Waals surface area contributed by atoms with Crippen LogP contribution in [-0.4, -0.2) is 19.6 Å². The molecule has 0 atom stereocenters. The molecule has 2 heteroatoms. The van der Waals surface area contributed by atoms with Crippen molar-refractivity contribution in [1.82, 2.24) is 0 Å². The van der Waals surface area contributed by atoms with Crippen LogP contribution in [0.15, 0.2) is 0 Å². The molecular weight excluding hydrogens is 363 g/mol. The molecule has 0 aromatic heterocycles. The fraction of sp³-hybridized carbons (Fsp3) is 1.00. The van der Waals surface area contributed by atoms with E-state index in [0.29, 0.717) is 0 Å². The van der Waals surface area contributed by atoms with Gasteiger partial charge < -0.3 is 24.0 Å². The molecule has 0 unspecified atom stereocenters. The van der Waals surface area contributed by atoms with Gasteiger partial charge in [0.1, 0.15) is 0 Å². The number of halogens is 1. The quantitative estimate of drug-likeness (QED) is 0.468. The normalized spacial score (nSPS) is 9.82. The summed E-state index contributed by atoms with van der Waals surface area (Å²) in [4.78, 5) is 2.55. The monoisotopic (exact) mass is 386 g/mol. The summed E-state index contributed by atoms with van der Waals surface area (Å²) >= 11 is -0.508. The molecule has 0 heterocycles. The fourth-order valence-electron chi connectivity index (χ4n) is 0.884. The first-order valence-electron chi connectivity index (χ1n) is 4.40. The molecule has 0 aromatic rings. The van der Waals surface area contributed by atoms with Gasteiger partial charge in [0, 0.05) is 0 Å². The molecule has 0 spiro atoms. The Morgan fingerprint density at radius 2 is 1.27 bits per heavy atom. The first kappa shape index (κ1) is 15.0. The van der Waals surface area contributed by atoms with Crippen molar-refractivity contribution >= 4 is 19.6 Å². The smallest absolute Gasteiger partial charge is 1.00 e. The molecule has 0 radical (unpaired) electrons. The molecule has 0 saturated heterocycles. The van der Waals surface area contributed by atoms with E-state index in [9.17, 15) is 0 Å². The van der Waals surface area contributed by atoms with Crippen LogP contribution < -0.4 is 24.0 Å². The van der Waals surface area contributed by atoms with Crippen molar-refractivity contribution in [2.75, 3.05) is 0 Å². The van der Waals surface area contributed by atoms with Crippen LogP contribution in [0.1, 0.15) is 39.5 Å². The van der Waals surface area contributed by atoms with Crippen LogP contribution in [0.2, 0.25) is 13.9 Å². The van der Waals surface area contributed by atoms with Crippen molar-refractivity contribution in [3.8, 4) is 0 Å². The summed E-state index contributed by atoms with van der Waals surface area (Å²) < 4.78 is 3.22. The van der Waals surface area contributed by atoms with Gasteiger partial charge in [0.2, 0.25) is 0 Å². The Balaban J connectivity index is 0. The van der Waals surface area contributed by atoms with Crippen molar-refractivity contribution in [3.63, 3.8) is 0 Å². The van der Waals surface area contributed by atoms with E-state index < -0.39 is 19.6 Å². The van der Waals surface area contributed by atoms with Gasteiger partial charge in [-0.15, -0.1) is 0 Å². The molecule has 0 aliphatic rings. The largest absolute Gasteiger partial charge is 1.00 e. The summed E-state index contributed by atoms with van der Waals surface area (Å²) in [5.74, 6) is 0. The second-order valence-corrected chi connectivity index (χ2v) is 9.69. The molecule has 0 N–H and O–H groups in total. The number of hydrogen-bond donors (Lipinski definition) is 0. The summed E-state index contributed by atoms with van der Waals surface area (Å²) in [7, 11) is 0. The van der Waals surface area contributed by atoms with E-state index in [1.807, 2.05) is 0 Å². The van der Waals surface area contributed by atoms with Crippen molar-refractivity contribution in [1.29, 1.82) is 0 Å². The Labute approximate surface area is 96.2 Å². The zero-order chi connectivity index (χ0) is 7.82. The zero-order valence-corrected chi connectivity index (χ0v) is 12.5. The summed E-state index contributed by atoms with van der Waals surface area (Å²) in [6.07, 6.45) is 5.79. The van der Waals surface area contributed by atoms with E-state index in [1.165, 1.54) is 25.7 Å². The van der Waals surface area contributed by atoms with E-state index in [2.05, 4.69) is 18.8 Å². The van der Waals surface area contributed by atoms with Crippen LogP contribution in [-0.2, 0) is 0 Å². The fourth-order valence-corrected chi connectivity index (χ4v) is 5.93. The van der Waals surface area contributed by atoms with Gasteiger partial charge in [-0.05, 0) is 0 Å². The van der Waals surface area contributed by atoms with Crippen LogP contribution in [0.3, 0.4) is 0 Å². The van der Waals surface area contributed by atoms with Gasteiger partial charge in [-0.25, -0.2) is 0 Å². The maximum Gasteiger partial charge on any atom is -1.00 e. The van der Waals surface area contributed by atoms with Gasteiger partial charge in [-0.3, -0.25) is 0 Å². The summed E-state index contributed by atoms with van der Waals surface area (Å²) in [5.41, 5.74) is 0. The molecule has 0 aliphatic heterocycles. The zero-order valence-electron chi connectivity index (χ0n) is 8.03. The van der Waals surface area contributed by atoms with Gasteiger partial charge >= 0.3 is 73.0 Å². The average molecular weight is 384 g/mol. The van der Waals surface area contributed by atoms with Crippen LogP contribution >= 0.6 is 0 Å². The Bertz CT molecular complexity index is 58.6. The molecule has 0 rings (SSSR count). The maximum atomic E-state index is 2.55. The molecule has 0 nitrogen and oxygen atoms in total. The Morgan fingerprint density at radius 1 is 0.909 bits per heavy atom. The minimum Gasteiger partial charge on any atom is -1.00 e. The summed E-state index contributed by atoms with van der Waals surface area (Å²) in [5, 5.41) is 0. The maximum absolute atomic E-state index is 2.55. The molecular formula is C9H21ITe. The summed E-state index contributed by atoms with van der Waals surface area (Å²) in [6.45, 7) is 4.60. The second-order valence-electron chi connectivity index (χ2n) is 2.90. The molecule has 0 aliphatic carbocycles. The Morgan fingerprint density at radius 3 is 1.55 bits per heavy atom. The Kier molecular flexibility index (Phi) is 15.7. The number of unbranched alkanes of at least 4 members (excludes halogenated alkanes) is 2. The van der Waals surface area contributed by atoms with Crippen molar-refractivity contribution in [2.45, 2.75) is 53.4 Å².